The van der Waals surface area contributed by atoms with Crippen LogP contribution in [-0.4, -0.2) is 5.91 Å². The number of anilines is 1. The van der Waals surface area contributed by atoms with E-state index in [4.69, 9.17) is 5.73 Å². The molecule has 2 aromatic rings. The topological polar surface area (TPSA) is 55.1 Å². The number of carbonyl (C=O) groups excluding carboxylic acids is 1. The maximum Gasteiger partial charge on any atom is 0.244 e. The lowest BCUT2D eigenvalue weighted by molar-refractivity contribution is -0.118. The van der Waals surface area contributed by atoms with Crippen LogP contribution in [0.15, 0.2) is 46.9 Å². The average Bonchev–Trinajstić information content (AvgIpc) is 2.38. The molecule has 20 heavy (non-hydrogen) atoms. The van der Waals surface area contributed by atoms with E-state index in [0.29, 0.717) is 0 Å². The summed E-state index contributed by atoms with van der Waals surface area (Å²) >= 11 is 3.46. The number of nitrogens with one attached hydrogen (secondary N) is 1. The highest BCUT2D eigenvalue weighted by Gasteiger charge is 2.20. The lowest BCUT2D eigenvalue weighted by Crippen LogP contribution is -2.28. The van der Waals surface area contributed by atoms with Crippen molar-refractivity contribution in [3.63, 3.8) is 0 Å². The number of amides is 1. The summed E-state index contributed by atoms with van der Waals surface area (Å²) in [6.07, 6.45) is 0. The maximum atomic E-state index is 11.8. The molecule has 104 valence electrons. The van der Waals surface area contributed by atoms with E-state index < -0.39 is 11.9 Å². The summed E-state index contributed by atoms with van der Waals surface area (Å²) in [6, 6.07) is 13.1. The minimum absolute atomic E-state index is 0.396. The summed E-state index contributed by atoms with van der Waals surface area (Å²) in [5.41, 5.74) is 9.51. The van der Waals surface area contributed by atoms with Crippen LogP contribution >= 0.6 is 15.9 Å². The molecule has 0 aliphatic heterocycles. The molecule has 0 radical (unpaired) electrons. The monoisotopic (exact) mass is 332 g/mol. The van der Waals surface area contributed by atoms with Crippen molar-refractivity contribution in [2.75, 3.05) is 5.32 Å². The summed E-state index contributed by atoms with van der Waals surface area (Å²) in [6.45, 7) is 4.01. The van der Waals surface area contributed by atoms with Crippen molar-refractivity contribution in [3.8, 4) is 0 Å². The van der Waals surface area contributed by atoms with Gasteiger partial charge in [0.15, 0.2) is 0 Å². The number of para-hydroxylation sites is 1. The van der Waals surface area contributed by atoms with Gasteiger partial charge in [-0.2, -0.15) is 0 Å². The molecule has 0 heterocycles. The number of primary amides is 1. The lowest BCUT2D eigenvalue weighted by atomic mass is 9.98. The molecule has 0 spiro atoms. The van der Waals surface area contributed by atoms with Crippen molar-refractivity contribution in [3.05, 3.63) is 63.6 Å². The molecule has 0 aromatic heterocycles. The van der Waals surface area contributed by atoms with Crippen LogP contribution in [0.4, 0.5) is 5.69 Å². The Kier molecular flexibility index (Phi) is 4.45. The van der Waals surface area contributed by atoms with E-state index in [-0.39, 0.29) is 0 Å². The van der Waals surface area contributed by atoms with Gasteiger partial charge in [-0.25, -0.2) is 0 Å². The largest absolute Gasteiger partial charge is 0.369 e. The van der Waals surface area contributed by atoms with Crippen LogP contribution in [0, 0.1) is 13.8 Å². The van der Waals surface area contributed by atoms with E-state index in [1.807, 2.05) is 56.3 Å². The highest BCUT2D eigenvalue weighted by molar-refractivity contribution is 9.10. The molecule has 4 heteroatoms. The van der Waals surface area contributed by atoms with Crippen LogP contribution in [0.2, 0.25) is 0 Å². The standard InChI is InChI=1S/C16H17BrN2O/c1-10-7-8-12(11(2)9-10)15(16(18)20)19-14-6-4-3-5-13(14)17/h3-9,15,19H,1-2H3,(H2,18,20). The van der Waals surface area contributed by atoms with E-state index >= 15 is 0 Å². The van der Waals surface area contributed by atoms with Crippen LogP contribution in [-0.2, 0) is 4.79 Å². The van der Waals surface area contributed by atoms with Gasteiger partial charge in [0.2, 0.25) is 5.91 Å². The molecule has 2 aromatic carbocycles. The Morgan fingerprint density at radius 2 is 1.90 bits per heavy atom. The second-order valence-electron chi connectivity index (χ2n) is 4.82. The zero-order valence-corrected chi connectivity index (χ0v) is 13.1. The molecule has 0 saturated heterocycles. The van der Waals surface area contributed by atoms with E-state index in [1.54, 1.807) is 0 Å². The Bertz CT molecular complexity index is 640. The van der Waals surface area contributed by atoms with Crippen molar-refractivity contribution in [1.82, 2.24) is 0 Å². The highest BCUT2D eigenvalue weighted by atomic mass is 79.9. The first kappa shape index (κ1) is 14.6. The van der Waals surface area contributed by atoms with Crippen LogP contribution < -0.4 is 11.1 Å². The quantitative estimate of drug-likeness (QED) is 0.896. The summed E-state index contributed by atoms with van der Waals surface area (Å²) in [7, 11) is 0. The molecule has 1 amide bonds. The number of nitrogens with two attached hydrogens (primary N) is 1. The molecule has 3 N–H and O–H groups in total. The second kappa shape index (κ2) is 6.09. The molecule has 3 nitrogen and oxygen atoms in total. The van der Waals surface area contributed by atoms with E-state index in [9.17, 15) is 4.79 Å². The third-order valence-corrected chi connectivity index (χ3v) is 3.89. The first-order valence-corrected chi connectivity index (χ1v) is 7.16. The zero-order chi connectivity index (χ0) is 14.7. The fraction of sp³-hybridized carbons (Fsp3) is 0.188. The Hall–Kier alpha value is -1.81. The number of carbonyl (C=O) groups is 1. The highest BCUT2D eigenvalue weighted by Crippen LogP contribution is 2.28. The SMILES string of the molecule is Cc1ccc(C(Nc2ccccc2Br)C(N)=O)c(C)c1. The van der Waals surface area contributed by atoms with Crippen molar-refractivity contribution < 1.29 is 4.79 Å². The first-order valence-electron chi connectivity index (χ1n) is 6.36. The Morgan fingerprint density at radius 1 is 1.20 bits per heavy atom. The fourth-order valence-electron chi connectivity index (χ4n) is 2.19. The minimum atomic E-state index is -0.547. The zero-order valence-electron chi connectivity index (χ0n) is 11.5. The molecule has 0 saturated carbocycles. The van der Waals surface area contributed by atoms with E-state index in [2.05, 4.69) is 21.2 Å². The smallest absolute Gasteiger partial charge is 0.244 e. The Balaban J connectivity index is 2.37. The van der Waals surface area contributed by atoms with Crippen LogP contribution in [0.25, 0.3) is 0 Å². The van der Waals surface area contributed by atoms with Crippen LogP contribution in [0.3, 0.4) is 0 Å². The number of aryl methyl sites for hydroxylation is 2. The maximum absolute atomic E-state index is 11.8. The van der Waals surface area contributed by atoms with Crippen molar-refractivity contribution >= 4 is 27.5 Å². The first-order chi connectivity index (χ1) is 9.49. The van der Waals surface area contributed by atoms with Gasteiger partial charge in [0.05, 0.1) is 0 Å². The number of hydrogen-bond acceptors (Lipinski definition) is 2. The molecule has 1 atom stereocenters. The Labute approximate surface area is 127 Å². The number of rotatable bonds is 4. The molecule has 0 bridgehead atoms. The predicted molar refractivity (Wildman–Crippen MR) is 85.6 cm³/mol. The lowest BCUT2D eigenvalue weighted by Gasteiger charge is -2.20. The molecule has 0 aliphatic rings. The minimum Gasteiger partial charge on any atom is -0.369 e. The van der Waals surface area contributed by atoms with Gasteiger partial charge in [-0.15, -0.1) is 0 Å². The summed E-state index contributed by atoms with van der Waals surface area (Å²) in [4.78, 5) is 11.8. The second-order valence-corrected chi connectivity index (χ2v) is 5.67. The molecule has 2 rings (SSSR count). The molecule has 1 unspecified atom stereocenters. The number of benzene rings is 2. The molecular weight excluding hydrogens is 316 g/mol. The third-order valence-electron chi connectivity index (χ3n) is 3.19. The van der Waals surface area contributed by atoms with Gasteiger partial charge in [-0.3, -0.25) is 4.79 Å². The van der Waals surface area contributed by atoms with Crippen molar-refractivity contribution in [2.24, 2.45) is 5.73 Å². The van der Waals surface area contributed by atoms with Crippen molar-refractivity contribution in [2.45, 2.75) is 19.9 Å². The Morgan fingerprint density at radius 3 is 2.50 bits per heavy atom. The number of hydrogen-bond donors (Lipinski definition) is 2. The summed E-state index contributed by atoms with van der Waals surface area (Å²) in [5, 5.41) is 3.20. The molecule has 0 aliphatic carbocycles. The van der Waals surface area contributed by atoms with Crippen molar-refractivity contribution in [1.29, 1.82) is 0 Å². The average molecular weight is 333 g/mol. The van der Waals surface area contributed by atoms with E-state index in [1.165, 1.54) is 0 Å². The van der Waals surface area contributed by atoms with Crippen LogP contribution in [0.5, 0.6) is 0 Å². The normalized spacial score (nSPS) is 11.9. The fourth-order valence-corrected chi connectivity index (χ4v) is 2.58. The molecule has 0 fully saturated rings. The van der Waals surface area contributed by atoms with Gasteiger partial charge >= 0.3 is 0 Å². The van der Waals surface area contributed by atoms with Gasteiger partial charge < -0.3 is 11.1 Å². The van der Waals surface area contributed by atoms with Gasteiger partial charge in [-0.05, 0) is 53.0 Å². The van der Waals surface area contributed by atoms with E-state index in [0.717, 1.165) is 26.9 Å². The third kappa shape index (κ3) is 3.20. The molecular formula is C16H17BrN2O. The summed E-state index contributed by atoms with van der Waals surface area (Å²) < 4.78 is 0.899. The predicted octanol–water partition coefficient (Wildman–Crippen LogP) is 3.70. The summed E-state index contributed by atoms with van der Waals surface area (Å²) in [5.74, 6) is -0.396. The van der Waals surface area contributed by atoms with Crippen LogP contribution in [0.1, 0.15) is 22.7 Å². The van der Waals surface area contributed by atoms with Gasteiger partial charge in [0, 0.05) is 10.2 Å². The van der Waals surface area contributed by atoms with Gasteiger partial charge in [0.1, 0.15) is 6.04 Å². The van der Waals surface area contributed by atoms with Gasteiger partial charge in [-0.1, -0.05) is 35.9 Å². The van der Waals surface area contributed by atoms with Gasteiger partial charge in [0.25, 0.3) is 0 Å². The number of halogens is 1.